The van der Waals surface area contributed by atoms with Crippen molar-refractivity contribution in [3.8, 4) is 5.75 Å². The minimum atomic E-state index is -1.04. The number of benzene rings is 2. The second-order valence-corrected chi connectivity index (χ2v) is 4.62. The Balaban J connectivity index is 1.84. The minimum Gasteiger partial charge on any atom is -0.488 e. The summed E-state index contributed by atoms with van der Waals surface area (Å²) >= 11 is 0. The van der Waals surface area contributed by atoms with E-state index >= 15 is 0 Å². The topological polar surface area (TPSA) is 59.4 Å². The molecule has 0 radical (unpaired) electrons. The van der Waals surface area contributed by atoms with Gasteiger partial charge in [0, 0.05) is 11.6 Å². The number of hydrogen-bond acceptors (Lipinski definition) is 3. The first-order chi connectivity index (χ1) is 10.2. The van der Waals surface area contributed by atoms with Gasteiger partial charge in [0.2, 0.25) is 0 Å². The number of aromatic nitrogens is 1. The number of aromatic carboxylic acids is 1. The average Bonchev–Trinajstić information content (AvgIpc) is 2.53. The molecule has 0 saturated heterocycles. The molecule has 1 aromatic heterocycles. The number of fused-ring (bicyclic) bond motifs is 1. The van der Waals surface area contributed by atoms with Gasteiger partial charge in [0.1, 0.15) is 18.1 Å². The van der Waals surface area contributed by atoms with Crippen molar-refractivity contribution < 1.29 is 14.6 Å². The predicted molar refractivity (Wildman–Crippen MR) is 79.5 cm³/mol. The summed E-state index contributed by atoms with van der Waals surface area (Å²) in [4.78, 5) is 14.7. The molecule has 0 aliphatic carbocycles. The number of hydrogen-bond donors (Lipinski definition) is 1. The van der Waals surface area contributed by atoms with Crippen LogP contribution in [0.5, 0.6) is 5.75 Å². The molecule has 0 bridgehead atoms. The van der Waals surface area contributed by atoms with Gasteiger partial charge >= 0.3 is 5.97 Å². The number of rotatable bonds is 4. The van der Waals surface area contributed by atoms with E-state index in [1.54, 1.807) is 6.07 Å². The van der Waals surface area contributed by atoms with Crippen molar-refractivity contribution in [1.82, 2.24) is 4.98 Å². The molecule has 2 aromatic carbocycles. The summed E-state index contributed by atoms with van der Waals surface area (Å²) in [5, 5.41) is 11.1. The molecule has 0 saturated carbocycles. The quantitative estimate of drug-likeness (QED) is 0.794. The smallest absolute Gasteiger partial charge is 0.354 e. The zero-order valence-corrected chi connectivity index (χ0v) is 11.2. The Hall–Kier alpha value is -2.88. The maximum atomic E-state index is 10.9. The Morgan fingerprint density at radius 2 is 1.90 bits per heavy atom. The lowest BCUT2D eigenvalue weighted by Crippen LogP contribution is -2.03. The standard InChI is InChI=1S/C17H13NO3/c19-17(20)15-10-12(8-9-18-15)11-21-16-7-3-5-13-4-1-2-6-14(13)16/h1-10H,11H2,(H,19,20). The largest absolute Gasteiger partial charge is 0.488 e. The highest BCUT2D eigenvalue weighted by molar-refractivity contribution is 5.88. The Morgan fingerprint density at radius 3 is 2.76 bits per heavy atom. The second-order valence-electron chi connectivity index (χ2n) is 4.62. The molecule has 104 valence electrons. The number of pyridine rings is 1. The van der Waals surface area contributed by atoms with E-state index in [4.69, 9.17) is 9.84 Å². The number of carbonyl (C=O) groups is 1. The van der Waals surface area contributed by atoms with Crippen LogP contribution in [-0.2, 0) is 6.61 Å². The second kappa shape index (κ2) is 5.63. The molecule has 0 unspecified atom stereocenters. The summed E-state index contributed by atoms with van der Waals surface area (Å²) in [7, 11) is 0. The van der Waals surface area contributed by atoms with Crippen LogP contribution in [0.1, 0.15) is 16.1 Å². The van der Waals surface area contributed by atoms with E-state index in [9.17, 15) is 4.79 Å². The van der Waals surface area contributed by atoms with Gasteiger partial charge in [-0.15, -0.1) is 0 Å². The summed E-state index contributed by atoms with van der Waals surface area (Å²) in [5.74, 6) is -0.260. The van der Waals surface area contributed by atoms with Crippen LogP contribution < -0.4 is 4.74 Å². The molecule has 4 nitrogen and oxygen atoms in total. The summed E-state index contributed by atoms with van der Waals surface area (Å²) < 4.78 is 5.82. The molecule has 3 rings (SSSR count). The van der Waals surface area contributed by atoms with Gasteiger partial charge in [-0.05, 0) is 29.1 Å². The number of ether oxygens (including phenoxy) is 1. The van der Waals surface area contributed by atoms with Crippen LogP contribution in [0.25, 0.3) is 10.8 Å². The van der Waals surface area contributed by atoms with Crippen molar-refractivity contribution in [3.05, 3.63) is 72.1 Å². The van der Waals surface area contributed by atoms with Crippen LogP contribution in [0, 0.1) is 0 Å². The first kappa shape index (κ1) is 13.1. The van der Waals surface area contributed by atoms with Crippen molar-refractivity contribution >= 4 is 16.7 Å². The first-order valence-corrected chi connectivity index (χ1v) is 6.53. The Morgan fingerprint density at radius 1 is 1.10 bits per heavy atom. The maximum absolute atomic E-state index is 10.9. The lowest BCUT2D eigenvalue weighted by molar-refractivity contribution is 0.0690. The van der Waals surface area contributed by atoms with E-state index in [1.165, 1.54) is 12.3 Å². The molecule has 21 heavy (non-hydrogen) atoms. The molecule has 0 amide bonds. The predicted octanol–water partition coefficient (Wildman–Crippen LogP) is 3.51. The third-order valence-corrected chi connectivity index (χ3v) is 3.19. The molecular formula is C17H13NO3. The monoisotopic (exact) mass is 279 g/mol. The highest BCUT2D eigenvalue weighted by Gasteiger charge is 2.06. The third-order valence-electron chi connectivity index (χ3n) is 3.19. The highest BCUT2D eigenvalue weighted by Crippen LogP contribution is 2.25. The molecule has 0 spiro atoms. The fourth-order valence-corrected chi connectivity index (χ4v) is 2.16. The van der Waals surface area contributed by atoms with Gasteiger partial charge in [-0.1, -0.05) is 36.4 Å². The van der Waals surface area contributed by atoms with Gasteiger partial charge in [0.15, 0.2) is 0 Å². The summed E-state index contributed by atoms with van der Waals surface area (Å²) in [6.07, 6.45) is 1.48. The molecule has 1 heterocycles. The van der Waals surface area contributed by atoms with Gasteiger partial charge in [-0.3, -0.25) is 0 Å². The van der Waals surface area contributed by atoms with Crippen molar-refractivity contribution in [3.63, 3.8) is 0 Å². The first-order valence-electron chi connectivity index (χ1n) is 6.53. The van der Waals surface area contributed by atoms with Gasteiger partial charge in [0.25, 0.3) is 0 Å². The van der Waals surface area contributed by atoms with Crippen LogP contribution in [0.2, 0.25) is 0 Å². The molecule has 1 N–H and O–H groups in total. The Kier molecular flexibility index (Phi) is 3.51. The Bertz CT molecular complexity index is 793. The van der Waals surface area contributed by atoms with Gasteiger partial charge < -0.3 is 9.84 Å². The summed E-state index contributed by atoms with van der Waals surface area (Å²) in [5.41, 5.74) is 0.796. The van der Waals surface area contributed by atoms with E-state index in [0.717, 1.165) is 22.1 Å². The van der Waals surface area contributed by atoms with Crippen molar-refractivity contribution in [1.29, 1.82) is 0 Å². The molecular weight excluding hydrogens is 266 g/mol. The van der Waals surface area contributed by atoms with Crippen LogP contribution >= 0.6 is 0 Å². The average molecular weight is 279 g/mol. The van der Waals surface area contributed by atoms with Gasteiger partial charge in [0.05, 0.1) is 0 Å². The van der Waals surface area contributed by atoms with Crippen LogP contribution in [0.3, 0.4) is 0 Å². The molecule has 0 atom stereocenters. The maximum Gasteiger partial charge on any atom is 0.354 e. The molecule has 0 aliphatic heterocycles. The highest BCUT2D eigenvalue weighted by atomic mass is 16.5. The van der Waals surface area contributed by atoms with E-state index < -0.39 is 5.97 Å². The SMILES string of the molecule is O=C(O)c1cc(COc2cccc3ccccc23)ccn1. The van der Waals surface area contributed by atoms with Gasteiger partial charge in [-0.25, -0.2) is 9.78 Å². The van der Waals surface area contributed by atoms with Crippen LogP contribution in [0.4, 0.5) is 0 Å². The third kappa shape index (κ3) is 2.84. The van der Waals surface area contributed by atoms with Crippen molar-refractivity contribution in [2.75, 3.05) is 0 Å². The van der Waals surface area contributed by atoms with E-state index in [1.807, 2.05) is 42.5 Å². The molecule has 0 fully saturated rings. The Labute approximate surface area is 121 Å². The summed E-state index contributed by atoms with van der Waals surface area (Å²) in [6, 6.07) is 17.1. The van der Waals surface area contributed by atoms with E-state index in [-0.39, 0.29) is 5.69 Å². The fourth-order valence-electron chi connectivity index (χ4n) is 2.16. The summed E-state index contributed by atoms with van der Waals surface area (Å²) in [6.45, 7) is 0.302. The lowest BCUT2D eigenvalue weighted by Gasteiger charge is -2.09. The van der Waals surface area contributed by atoms with Crippen LogP contribution in [0.15, 0.2) is 60.8 Å². The molecule has 4 heteroatoms. The normalized spacial score (nSPS) is 10.5. The fraction of sp³-hybridized carbons (Fsp3) is 0.0588. The number of carboxylic acids is 1. The van der Waals surface area contributed by atoms with Crippen LogP contribution in [-0.4, -0.2) is 16.1 Å². The van der Waals surface area contributed by atoms with E-state index in [0.29, 0.717) is 6.61 Å². The van der Waals surface area contributed by atoms with E-state index in [2.05, 4.69) is 4.98 Å². The lowest BCUT2D eigenvalue weighted by atomic mass is 10.1. The number of carboxylic acid groups (broad SMARTS) is 1. The molecule has 0 aliphatic rings. The van der Waals surface area contributed by atoms with Crippen molar-refractivity contribution in [2.24, 2.45) is 0 Å². The van der Waals surface area contributed by atoms with Crippen molar-refractivity contribution in [2.45, 2.75) is 6.61 Å². The minimum absolute atomic E-state index is 0.0222. The zero-order valence-electron chi connectivity index (χ0n) is 11.2. The molecule has 3 aromatic rings. The van der Waals surface area contributed by atoms with Gasteiger partial charge in [-0.2, -0.15) is 0 Å². The zero-order chi connectivity index (χ0) is 14.7. The number of nitrogens with zero attached hydrogens (tertiary/aromatic N) is 1.